The van der Waals surface area contributed by atoms with E-state index in [2.05, 4.69) is 30.8 Å². The second-order valence-corrected chi connectivity index (χ2v) is 4.52. The third-order valence-corrected chi connectivity index (χ3v) is 3.29. The molecule has 0 unspecified atom stereocenters. The van der Waals surface area contributed by atoms with Gasteiger partial charge in [0, 0.05) is 38.6 Å². The second-order valence-electron chi connectivity index (χ2n) is 4.52. The van der Waals surface area contributed by atoms with Crippen LogP contribution in [0.15, 0.2) is 36.7 Å². The molecule has 0 N–H and O–H groups in total. The Balaban J connectivity index is 1.68. The molecule has 0 spiro atoms. The zero-order valence-corrected chi connectivity index (χ0v) is 11.0. The molecule has 0 saturated carbocycles. The fourth-order valence-corrected chi connectivity index (χ4v) is 2.25. The van der Waals surface area contributed by atoms with Crippen molar-refractivity contribution in [2.45, 2.75) is 0 Å². The highest BCUT2D eigenvalue weighted by molar-refractivity contribution is 5.44. The van der Waals surface area contributed by atoms with Crippen LogP contribution in [0.4, 0.5) is 11.8 Å². The first-order chi connectivity index (χ1) is 9.86. The lowest BCUT2D eigenvalue weighted by Crippen LogP contribution is -2.47. The van der Waals surface area contributed by atoms with Gasteiger partial charge in [-0.05, 0) is 18.2 Å². The van der Waals surface area contributed by atoms with Gasteiger partial charge >= 0.3 is 0 Å². The van der Waals surface area contributed by atoms with Gasteiger partial charge in [0.25, 0.3) is 0 Å². The van der Waals surface area contributed by atoms with Crippen LogP contribution in [0, 0.1) is 11.3 Å². The first-order valence-electron chi connectivity index (χ1n) is 6.51. The molecule has 0 aliphatic carbocycles. The molecule has 2 aromatic rings. The Morgan fingerprint density at radius 2 is 1.65 bits per heavy atom. The summed E-state index contributed by atoms with van der Waals surface area (Å²) in [5, 5.41) is 8.90. The van der Waals surface area contributed by atoms with Crippen LogP contribution in [-0.4, -0.2) is 41.1 Å². The molecule has 6 heteroatoms. The number of aromatic nitrogens is 3. The average Bonchev–Trinajstić information content (AvgIpc) is 2.56. The molecule has 2 aromatic heterocycles. The van der Waals surface area contributed by atoms with Gasteiger partial charge in [-0.1, -0.05) is 6.07 Å². The van der Waals surface area contributed by atoms with Gasteiger partial charge in [-0.2, -0.15) is 5.26 Å². The predicted octanol–water partition coefficient (Wildman–Crippen LogP) is 1.07. The Morgan fingerprint density at radius 3 is 2.35 bits per heavy atom. The predicted molar refractivity (Wildman–Crippen MR) is 75.4 cm³/mol. The highest BCUT2D eigenvalue weighted by Crippen LogP contribution is 2.16. The van der Waals surface area contributed by atoms with Crippen LogP contribution in [-0.2, 0) is 0 Å². The van der Waals surface area contributed by atoms with Crippen molar-refractivity contribution in [1.82, 2.24) is 15.0 Å². The molecule has 100 valence electrons. The molecular weight excluding hydrogens is 252 g/mol. The smallest absolute Gasteiger partial charge is 0.225 e. The maximum atomic E-state index is 8.90. The summed E-state index contributed by atoms with van der Waals surface area (Å²) in [6, 6.07) is 9.42. The van der Waals surface area contributed by atoms with Crippen molar-refractivity contribution in [2.24, 2.45) is 0 Å². The Kier molecular flexibility index (Phi) is 3.42. The van der Waals surface area contributed by atoms with Gasteiger partial charge in [0.15, 0.2) is 0 Å². The summed E-state index contributed by atoms with van der Waals surface area (Å²) in [4.78, 5) is 17.2. The third kappa shape index (κ3) is 2.52. The zero-order chi connectivity index (χ0) is 13.8. The van der Waals surface area contributed by atoms with Gasteiger partial charge in [-0.25, -0.2) is 15.0 Å². The van der Waals surface area contributed by atoms with Gasteiger partial charge in [-0.15, -0.1) is 0 Å². The van der Waals surface area contributed by atoms with Crippen molar-refractivity contribution in [2.75, 3.05) is 36.0 Å². The van der Waals surface area contributed by atoms with E-state index >= 15 is 0 Å². The average molecular weight is 266 g/mol. The molecule has 0 bridgehead atoms. The fourth-order valence-electron chi connectivity index (χ4n) is 2.25. The Labute approximate surface area is 117 Å². The summed E-state index contributed by atoms with van der Waals surface area (Å²) in [5.74, 6) is 1.63. The Morgan fingerprint density at radius 1 is 0.950 bits per heavy atom. The number of piperazine rings is 1. The van der Waals surface area contributed by atoms with Crippen LogP contribution in [0.2, 0.25) is 0 Å². The maximum absolute atomic E-state index is 8.90. The number of nitriles is 1. The number of nitrogens with zero attached hydrogens (tertiary/aromatic N) is 6. The molecule has 0 aromatic carbocycles. The monoisotopic (exact) mass is 266 g/mol. The van der Waals surface area contributed by atoms with Crippen molar-refractivity contribution in [3.8, 4) is 6.07 Å². The van der Waals surface area contributed by atoms with Gasteiger partial charge in [0.05, 0.1) is 0 Å². The summed E-state index contributed by atoms with van der Waals surface area (Å²) in [6.07, 6.45) is 3.51. The zero-order valence-electron chi connectivity index (χ0n) is 11.0. The van der Waals surface area contributed by atoms with Crippen molar-refractivity contribution < 1.29 is 0 Å². The van der Waals surface area contributed by atoms with Crippen LogP contribution in [0.25, 0.3) is 0 Å². The van der Waals surface area contributed by atoms with E-state index in [9.17, 15) is 0 Å². The van der Waals surface area contributed by atoms with Crippen molar-refractivity contribution in [1.29, 1.82) is 5.26 Å². The van der Waals surface area contributed by atoms with Crippen LogP contribution in [0.1, 0.15) is 5.69 Å². The van der Waals surface area contributed by atoms with Gasteiger partial charge in [0.2, 0.25) is 5.95 Å². The Bertz CT molecular complexity index is 613. The molecule has 1 aliphatic rings. The maximum Gasteiger partial charge on any atom is 0.225 e. The summed E-state index contributed by atoms with van der Waals surface area (Å²) in [7, 11) is 0. The fraction of sp³-hybridized carbons (Fsp3) is 0.286. The summed E-state index contributed by atoms with van der Waals surface area (Å²) < 4.78 is 0. The van der Waals surface area contributed by atoms with E-state index in [-0.39, 0.29) is 0 Å². The van der Waals surface area contributed by atoms with Gasteiger partial charge in [0.1, 0.15) is 17.6 Å². The normalized spacial score (nSPS) is 14.9. The van der Waals surface area contributed by atoms with Crippen LogP contribution in [0.3, 0.4) is 0 Å². The molecule has 1 saturated heterocycles. The minimum absolute atomic E-state index is 0.455. The summed E-state index contributed by atoms with van der Waals surface area (Å²) in [6.45, 7) is 3.39. The molecule has 0 amide bonds. The number of rotatable bonds is 2. The number of hydrogen-bond donors (Lipinski definition) is 0. The van der Waals surface area contributed by atoms with Crippen molar-refractivity contribution in [3.05, 3.63) is 42.4 Å². The van der Waals surface area contributed by atoms with Crippen LogP contribution in [0.5, 0.6) is 0 Å². The molecule has 20 heavy (non-hydrogen) atoms. The molecule has 3 rings (SSSR count). The SMILES string of the molecule is N#Cc1cccc(N2CCN(c3ncccn3)CC2)n1. The van der Waals surface area contributed by atoms with E-state index in [1.54, 1.807) is 18.5 Å². The first-order valence-corrected chi connectivity index (χ1v) is 6.51. The van der Waals surface area contributed by atoms with Crippen molar-refractivity contribution >= 4 is 11.8 Å². The van der Waals surface area contributed by atoms with E-state index < -0.39 is 0 Å². The van der Waals surface area contributed by atoms with Gasteiger partial charge in [-0.3, -0.25) is 0 Å². The second kappa shape index (κ2) is 5.53. The molecular formula is C14H14N6. The molecule has 0 atom stereocenters. The number of pyridine rings is 1. The lowest BCUT2D eigenvalue weighted by molar-refractivity contribution is 0.634. The largest absolute Gasteiger partial charge is 0.353 e. The quantitative estimate of drug-likeness (QED) is 0.810. The standard InChI is InChI=1S/C14H14N6/c15-11-12-3-1-4-13(18-12)19-7-9-20(10-8-19)14-16-5-2-6-17-14/h1-6H,7-10H2. The number of hydrogen-bond acceptors (Lipinski definition) is 6. The molecule has 1 aliphatic heterocycles. The molecule has 1 fully saturated rings. The highest BCUT2D eigenvalue weighted by atomic mass is 15.3. The molecule has 3 heterocycles. The molecule has 0 radical (unpaired) electrons. The lowest BCUT2D eigenvalue weighted by Gasteiger charge is -2.35. The third-order valence-electron chi connectivity index (χ3n) is 3.29. The van der Waals surface area contributed by atoms with E-state index in [1.807, 2.05) is 18.2 Å². The first kappa shape index (κ1) is 12.4. The van der Waals surface area contributed by atoms with Crippen molar-refractivity contribution in [3.63, 3.8) is 0 Å². The highest BCUT2D eigenvalue weighted by Gasteiger charge is 2.19. The minimum atomic E-state index is 0.455. The molecule has 6 nitrogen and oxygen atoms in total. The van der Waals surface area contributed by atoms with E-state index in [4.69, 9.17) is 5.26 Å². The van der Waals surface area contributed by atoms with E-state index in [1.165, 1.54) is 0 Å². The summed E-state index contributed by atoms with van der Waals surface area (Å²) >= 11 is 0. The van der Waals surface area contributed by atoms with Crippen LogP contribution < -0.4 is 9.80 Å². The van der Waals surface area contributed by atoms with Gasteiger partial charge < -0.3 is 9.80 Å². The lowest BCUT2D eigenvalue weighted by atomic mass is 10.3. The van der Waals surface area contributed by atoms with E-state index in [0.29, 0.717) is 5.69 Å². The summed E-state index contributed by atoms with van der Waals surface area (Å²) in [5.41, 5.74) is 0.455. The minimum Gasteiger partial charge on any atom is -0.353 e. The number of anilines is 2. The Hall–Kier alpha value is -2.68. The topological polar surface area (TPSA) is 68.9 Å². The van der Waals surface area contributed by atoms with E-state index in [0.717, 1.165) is 37.9 Å². The van der Waals surface area contributed by atoms with Crippen LogP contribution >= 0.6 is 0 Å².